The highest BCUT2D eigenvalue weighted by molar-refractivity contribution is 7.11. The van der Waals surface area contributed by atoms with Crippen LogP contribution in [0.15, 0.2) is 42.6 Å². The van der Waals surface area contributed by atoms with Crippen LogP contribution in [-0.4, -0.2) is 28.0 Å². The zero-order chi connectivity index (χ0) is 18.8. The van der Waals surface area contributed by atoms with Gasteiger partial charge in [0.2, 0.25) is 0 Å². The van der Waals surface area contributed by atoms with Gasteiger partial charge in [0.1, 0.15) is 11.6 Å². The Hall–Kier alpha value is -2.11. The van der Waals surface area contributed by atoms with Crippen LogP contribution in [0.25, 0.3) is 11.1 Å². The lowest BCUT2D eigenvalue weighted by atomic mass is 9.90. The molecule has 1 aromatic carbocycles. The van der Waals surface area contributed by atoms with Gasteiger partial charge in [0.25, 0.3) is 0 Å². The average molecular weight is 382 g/mol. The van der Waals surface area contributed by atoms with Crippen molar-refractivity contribution >= 4 is 11.3 Å². The number of aromatic nitrogens is 2. The number of aryl methyl sites for hydroxylation is 2. The first-order chi connectivity index (χ1) is 13.1. The van der Waals surface area contributed by atoms with Crippen molar-refractivity contribution in [2.75, 3.05) is 13.1 Å². The Morgan fingerprint density at radius 1 is 1.15 bits per heavy atom. The Morgan fingerprint density at radius 3 is 2.70 bits per heavy atom. The second-order valence-electron chi connectivity index (χ2n) is 7.31. The maximum atomic E-state index is 13.3. The summed E-state index contributed by atoms with van der Waals surface area (Å²) in [6, 6.07) is 11.1. The molecule has 0 bridgehead atoms. The molecule has 2 aromatic heterocycles. The minimum Gasteiger partial charge on any atom is -0.298 e. The summed E-state index contributed by atoms with van der Waals surface area (Å²) in [5.41, 5.74) is 3.11. The third kappa shape index (κ3) is 4.25. The standard InChI is InChI=1S/C22H24FN3S/c1-15-5-10-20(27-15)14-26-11-3-4-18(13-26)22-21(12-24-16(2)25-22)17-6-8-19(23)9-7-17/h5-10,12,18H,3-4,11,13-14H2,1-2H3. The number of hydrogen-bond donors (Lipinski definition) is 0. The maximum absolute atomic E-state index is 13.3. The molecular formula is C22H24FN3S. The van der Waals surface area contributed by atoms with E-state index in [-0.39, 0.29) is 5.82 Å². The van der Waals surface area contributed by atoms with Gasteiger partial charge in [-0.05, 0) is 63.1 Å². The first-order valence-electron chi connectivity index (χ1n) is 9.45. The lowest BCUT2D eigenvalue weighted by Gasteiger charge is -2.33. The molecule has 1 unspecified atom stereocenters. The molecule has 0 radical (unpaired) electrons. The van der Waals surface area contributed by atoms with E-state index in [0.717, 1.165) is 48.7 Å². The Bertz CT molecular complexity index is 920. The number of thiophene rings is 1. The fourth-order valence-corrected chi connectivity index (χ4v) is 4.80. The van der Waals surface area contributed by atoms with Gasteiger partial charge in [-0.15, -0.1) is 11.3 Å². The zero-order valence-corrected chi connectivity index (χ0v) is 16.6. The number of rotatable bonds is 4. The van der Waals surface area contributed by atoms with E-state index in [2.05, 4.69) is 28.9 Å². The van der Waals surface area contributed by atoms with Crippen molar-refractivity contribution in [3.63, 3.8) is 0 Å². The summed E-state index contributed by atoms with van der Waals surface area (Å²) < 4.78 is 13.3. The molecule has 27 heavy (non-hydrogen) atoms. The van der Waals surface area contributed by atoms with E-state index >= 15 is 0 Å². The van der Waals surface area contributed by atoms with Gasteiger partial charge in [0, 0.05) is 40.5 Å². The van der Waals surface area contributed by atoms with Gasteiger partial charge in [0.15, 0.2) is 0 Å². The van der Waals surface area contributed by atoms with Crippen LogP contribution in [0, 0.1) is 19.7 Å². The van der Waals surface area contributed by atoms with Crippen LogP contribution < -0.4 is 0 Å². The third-order valence-corrected chi connectivity index (χ3v) is 6.15. The summed E-state index contributed by atoms with van der Waals surface area (Å²) in [7, 11) is 0. The molecule has 3 nitrogen and oxygen atoms in total. The third-order valence-electron chi connectivity index (χ3n) is 5.16. The molecule has 5 heteroatoms. The molecule has 1 saturated heterocycles. The summed E-state index contributed by atoms with van der Waals surface area (Å²) in [6.45, 7) is 7.23. The number of hydrogen-bond acceptors (Lipinski definition) is 4. The van der Waals surface area contributed by atoms with E-state index in [9.17, 15) is 4.39 Å². The van der Waals surface area contributed by atoms with Crippen LogP contribution in [-0.2, 0) is 6.54 Å². The number of likely N-dealkylation sites (tertiary alicyclic amines) is 1. The molecule has 0 saturated carbocycles. The monoisotopic (exact) mass is 381 g/mol. The largest absolute Gasteiger partial charge is 0.298 e. The van der Waals surface area contributed by atoms with Gasteiger partial charge in [-0.2, -0.15) is 0 Å². The van der Waals surface area contributed by atoms with Crippen molar-refractivity contribution in [1.82, 2.24) is 14.9 Å². The van der Waals surface area contributed by atoms with Crippen LogP contribution in [0.3, 0.4) is 0 Å². The molecule has 3 heterocycles. The fourth-order valence-electron chi connectivity index (χ4n) is 3.86. The molecule has 4 rings (SSSR count). The highest BCUT2D eigenvalue weighted by Gasteiger charge is 2.25. The average Bonchev–Trinajstić information content (AvgIpc) is 3.07. The van der Waals surface area contributed by atoms with Gasteiger partial charge >= 0.3 is 0 Å². The maximum Gasteiger partial charge on any atom is 0.125 e. The van der Waals surface area contributed by atoms with Crippen molar-refractivity contribution in [3.8, 4) is 11.1 Å². The predicted octanol–water partition coefficient (Wildman–Crippen LogP) is 5.34. The van der Waals surface area contributed by atoms with Crippen molar-refractivity contribution in [1.29, 1.82) is 0 Å². The molecule has 140 valence electrons. The summed E-state index contributed by atoms with van der Waals surface area (Å²) >= 11 is 1.88. The number of halogens is 1. The van der Waals surface area contributed by atoms with Crippen LogP contribution in [0.2, 0.25) is 0 Å². The Kier molecular flexibility index (Phi) is 5.32. The van der Waals surface area contributed by atoms with Crippen LogP contribution >= 0.6 is 11.3 Å². The molecule has 1 aliphatic heterocycles. The summed E-state index contributed by atoms with van der Waals surface area (Å²) in [5, 5.41) is 0. The molecule has 1 aliphatic rings. The molecule has 0 amide bonds. The minimum atomic E-state index is -0.219. The fraction of sp³-hybridized carbons (Fsp3) is 0.364. The molecule has 0 N–H and O–H groups in total. The van der Waals surface area contributed by atoms with Crippen molar-refractivity contribution in [2.45, 2.75) is 39.2 Å². The van der Waals surface area contributed by atoms with Crippen molar-refractivity contribution in [3.05, 3.63) is 69.7 Å². The number of piperidine rings is 1. The Labute approximate surface area is 163 Å². The zero-order valence-electron chi connectivity index (χ0n) is 15.8. The highest BCUT2D eigenvalue weighted by atomic mass is 32.1. The van der Waals surface area contributed by atoms with Crippen LogP contribution in [0.4, 0.5) is 4.39 Å². The second-order valence-corrected chi connectivity index (χ2v) is 8.68. The summed E-state index contributed by atoms with van der Waals surface area (Å²) in [5.74, 6) is 0.951. The summed E-state index contributed by atoms with van der Waals surface area (Å²) in [4.78, 5) is 14.5. The van der Waals surface area contributed by atoms with E-state index in [1.165, 1.54) is 28.3 Å². The van der Waals surface area contributed by atoms with Crippen LogP contribution in [0.1, 0.15) is 40.0 Å². The van der Waals surface area contributed by atoms with Crippen molar-refractivity contribution in [2.24, 2.45) is 0 Å². The SMILES string of the molecule is Cc1ncc(-c2ccc(F)cc2)c(C2CCCN(Cc3ccc(C)s3)C2)n1. The molecular weight excluding hydrogens is 357 g/mol. The minimum absolute atomic E-state index is 0.219. The molecule has 3 aromatic rings. The number of nitrogens with zero attached hydrogens (tertiary/aromatic N) is 3. The van der Waals surface area contributed by atoms with E-state index < -0.39 is 0 Å². The summed E-state index contributed by atoms with van der Waals surface area (Å²) in [6.07, 6.45) is 4.19. The second kappa shape index (κ2) is 7.87. The van der Waals surface area contributed by atoms with Crippen LogP contribution in [0.5, 0.6) is 0 Å². The smallest absolute Gasteiger partial charge is 0.125 e. The molecule has 0 spiro atoms. The molecule has 0 aliphatic carbocycles. The molecule has 1 fully saturated rings. The van der Waals surface area contributed by atoms with E-state index in [4.69, 9.17) is 4.98 Å². The van der Waals surface area contributed by atoms with E-state index in [0.29, 0.717) is 5.92 Å². The topological polar surface area (TPSA) is 29.0 Å². The molecule has 1 atom stereocenters. The van der Waals surface area contributed by atoms with Crippen molar-refractivity contribution < 1.29 is 4.39 Å². The quantitative estimate of drug-likeness (QED) is 0.611. The Balaban J connectivity index is 1.60. The van der Waals surface area contributed by atoms with Gasteiger partial charge in [0.05, 0.1) is 5.69 Å². The Morgan fingerprint density at radius 2 is 1.96 bits per heavy atom. The lowest BCUT2D eigenvalue weighted by molar-refractivity contribution is 0.200. The van der Waals surface area contributed by atoms with Gasteiger partial charge in [-0.3, -0.25) is 4.90 Å². The lowest BCUT2D eigenvalue weighted by Crippen LogP contribution is -2.34. The normalized spacial score (nSPS) is 18.0. The van der Waals surface area contributed by atoms with E-state index in [1.807, 2.05) is 36.6 Å². The predicted molar refractivity (Wildman–Crippen MR) is 108 cm³/mol. The first-order valence-corrected chi connectivity index (χ1v) is 10.3. The highest BCUT2D eigenvalue weighted by Crippen LogP contribution is 2.34. The van der Waals surface area contributed by atoms with Gasteiger partial charge in [-0.25, -0.2) is 14.4 Å². The first kappa shape index (κ1) is 18.3. The van der Waals surface area contributed by atoms with Gasteiger partial charge in [-0.1, -0.05) is 12.1 Å². The van der Waals surface area contributed by atoms with E-state index in [1.54, 1.807) is 0 Å². The number of benzene rings is 1. The van der Waals surface area contributed by atoms with Gasteiger partial charge < -0.3 is 0 Å².